The third kappa shape index (κ3) is 5.17. The van der Waals surface area contributed by atoms with Crippen molar-refractivity contribution >= 4 is 50.1 Å². The summed E-state index contributed by atoms with van der Waals surface area (Å²) in [5, 5.41) is 25.0. The van der Waals surface area contributed by atoms with Crippen molar-refractivity contribution in [2.45, 2.75) is 37.3 Å². The number of carbonyl (C=O) groups excluding carboxylic acids is 2. The van der Waals surface area contributed by atoms with Gasteiger partial charge in [0.15, 0.2) is 6.54 Å². The molecule has 0 unspecified atom stereocenters. The molecule has 4 fully saturated rings. The van der Waals surface area contributed by atoms with E-state index in [9.17, 15) is 33.0 Å². The molecule has 3 N–H and O–H groups in total. The number of rotatable bonds is 10. The number of nitrogens with zero attached hydrogens (tertiary/aromatic N) is 5. The van der Waals surface area contributed by atoms with Gasteiger partial charge in [-0.3, -0.25) is 13.6 Å². The van der Waals surface area contributed by atoms with Crippen molar-refractivity contribution in [2.24, 2.45) is 18.9 Å². The second-order valence-corrected chi connectivity index (χ2v) is 17.1. The quantitative estimate of drug-likeness (QED) is 0.162. The van der Waals surface area contributed by atoms with Gasteiger partial charge < -0.3 is 19.6 Å². The van der Waals surface area contributed by atoms with E-state index in [0.717, 1.165) is 78.0 Å². The van der Waals surface area contributed by atoms with Gasteiger partial charge in [-0.2, -0.15) is 0 Å². The van der Waals surface area contributed by atoms with E-state index < -0.39 is 45.9 Å². The van der Waals surface area contributed by atoms with Crippen LogP contribution in [0.2, 0.25) is 0 Å². The number of aliphatic carboxylic acids is 1. The van der Waals surface area contributed by atoms with Crippen LogP contribution < -0.4 is 14.2 Å². The zero-order valence-corrected chi connectivity index (χ0v) is 30.0. The predicted molar refractivity (Wildman–Crippen MR) is 188 cm³/mol. The molecule has 13 nitrogen and oxygen atoms in total. The Balaban J connectivity index is 0.998. The topological polar surface area (TPSA) is 148 Å². The van der Waals surface area contributed by atoms with Crippen LogP contribution in [0.5, 0.6) is 0 Å². The Morgan fingerprint density at radius 3 is 2.39 bits per heavy atom. The minimum Gasteiger partial charge on any atom is -0.477 e. The van der Waals surface area contributed by atoms with Gasteiger partial charge in [-0.25, -0.2) is 27.9 Å². The molecule has 51 heavy (non-hydrogen) atoms. The number of hydrogen-bond acceptors (Lipinski definition) is 6. The molecule has 9 rings (SSSR count). The van der Waals surface area contributed by atoms with Crippen LogP contribution in [0.1, 0.15) is 19.4 Å². The maximum Gasteiger partial charge on any atom is 0.362 e. The van der Waals surface area contributed by atoms with Gasteiger partial charge in [0.25, 0.3) is 15.8 Å². The Bertz CT molecular complexity index is 2120. The number of piperazine rings is 3. The number of aryl methyl sites for hydroxylation is 1. The van der Waals surface area contributed by atoms with Crippen LogP contribution in [0.25, 0.3) is 10.8 Å². The lowest BCUT2D eigenvalue weighted by atomic mass is 9.78. The van der Waals surface area contributed by atoms with Crippen molar-refractivity contribution < 1.29 is 46.5 Å². The number of anilines is 2. The van der Waals surface area contributed by atoms with Crippen LogP contribution in [0.3, 0.4) is 0 Å². The minimum absolute atomic E-state index is 0.0377. The molecule has 14 heteroatoms. The number of aromatic nitrogens is 1. The molecule has 268 valence electrons. The normalized spacial score (nSPS) is 29.3. The third-order valence-corrected chi connectivity index (χ3v) is 14.3. The number of nitrogens with one attached hydrogen (secondary N) is 1. The van der Waals surface area contributed by atoms with E-state index in [0.29, 0.717) is 23.2 Å². The lowest BCUT2D eigenvalue weighted by Crippen LogP contribution is -2.76. The van der Waals surface area contributed by atoms with Gasteiger partial charge in [-0.1, -0.05) is 31.2 Å². The van der Waals surface area contributed by atoms with Gasteiger partial charge in [0, 0.05) is 23.8 Å². The van der Waals surface area contributed by atoms with Crippen molar-refractivity contribution in [1.82, 2.24) is 4.90 Å². The molecule has 1 aromatic heterocycles. The lowest BCUT2D eigenvalue weighted by Gasteiger charge is -2.55. The molecule has 3 aromatic rings. The number of pyridine rings is 1. The molecular formula is C37H45N6O7S+3. The van der Waals surface area contributed by atoms with Gasteiger partial charge in [-0.15, -0.1) is 0 Å². The predicted octanol–water partition coefficient (Wildman–Crippen LogP) is 1.21. The highest BCUT2D eigenvalue weighted by atomic mass is 32.2. The highest BCUT2D eigenvalue weighted by molar-refractivity contribution is 7.93. The highest BCUT2D eigenvalue weighted by Crippen LogP contribution is 2.50. The summed E-state index contributed by atoms with van der Waals surface area (Å²) in [6.45, 7) is 10.3. The highest BCUT2D eigenvalue weighted by Gasteiger charge is 2.60. The molecule has 4 atom stereocenters. The maximum atomic E-state index is 14.1. The number of hydrogen-bond donors (Lipinski definition) is 3. The van der Waals surface area contributed by atoms with E-state index in [1.807, 2.05) is 54.2 Å². The van der Waals surface area contributed by atoms with E-state index in [2.05, 4.69) is 5.32 Å². The van der Waals surface area contributed by atoms with E-state index in [4.69, 9.17) is 0 Å². The number of carboxylic acids is 1. The first kappa shape index (κ1) is 33.8. The SMILES string of the molecule is C[C@@H](O)[C@H]1C(=O)N2C(C(=O)O)=C(CN3c4cccc5c(CC[N+]67CC[N+](CC(=O)Nc8cccc[n+]8C)(CC6)CC7)ccc(c45)S3(=O)=O)[C@H](C)[C@H]12. The summed E-state index contributed by atoms with van der Waals surface area (Å²) < 4.78 is 33.2. The molecule has 0 saturated carbocycles. The Labute approximate surface area is 297 Å². The van der Waals surface area contributed by atoms with E-state index in [1.165, 1.54) is 16.1 Å². The summed E-state index contributed by atoms with van der Waals surface area (Å²) in [7, 11) is -2.09. The standard InChI is InChI=1S/C37H43N6O7S/c1-23-27(35(37(47)48)41-34(23)32(24(2)44)36(41)46)21-40-28-8-6-7-26-25(10-11-29(33(26)28)51(40,49)50)12-14-42-15-18-43(19-16-42,20-17-42)22-31(45)38-30-9-4-5-13-39(30)3/h4-11,13,23-24,32,34,44H,12,14-22H2,1-3H3/q+1/p+2/t23-,24+,32+,34+,42?,43?/m0/s1. The van der Waals surface area contributed by atoms with Gasteiger partial charge in [0.2, 0.25) is 5.91 Å². The fraction of sp³-hybridized carbons (Fsp3) is 0.459. The first-order valence-corrected chi connectivity index (χ1v) is 19.2. The number of fused-ring (bicyclic) bond motifs is 4. The van der Waals surface area contributed by atoms with Crippen molar-refractivity contribution in [3.8, 4) is 0 Å². The number of aliphatic hydroxyl groups is 1. The number of benzene rings is 2. The number of quaternary nitrogens is 2. The molecule has 6 aliphatic heterocycles. The largest absolute Gasteiger partial charge is 0.477 e. The first-order valence-electron chi connectivity index (χ1n) is 17.8. The van der Waals surface area contributed by atoms with Gasteiger partial charge in [-0.05, 0) is 41.6 Å². The molecule has 2 aromatic carbocycles. The lowest BCUT2D eigenvalue weighted by molar-refractivity contribution is -1.08. The number of carbonyl (C=O) groups is 3. The monoisotopic (exact) mass is 717 g/mol. The van der Waals surface area contributed by atoms with Crippen molar-refractivity contribution in [3.05, 3.63) is 71.6 Å². The summed E-state index contributed by atoms with van der Waals surface area (Å²) in [5.74, 6) is -2.08. The Morgan fingerprint density at radius 1 is 1.02 bits per heavy atom. The first-order chi connectivity index (χ1) is 24.3. The number of aliphatic hydroxyl groups excluding tert-OH is 1. The smallest absolute Gasteiger partial charge is 0.362 e. The van der Waals surface area contributed by atoms with Crippen LogP contribution >= 0.6 is 0 Å². The molecule has 4 saturated heterocycles. The fourth-order valence-electron chi connectivity index (χ4n) is 9.50. The molecular weight excluding hydrogens is 673 g/mol. The van der Waals surface area contributed by atoms with Crippen LogP contribution in [-0.4, -0.2) is 121 Å². The van der Waals surface area contributed by atoms with Crippen molar-refractivity contribution in [1.29, 1.82) is 0 Å². The second-order valence-electron chi connectivity index (χ2n) is 15.3. The summed E-state index contributed by atoms with van der Waals surface area (Å²) in [6, 6.07) is 14.4. The summed E-state index contributed by atoms with van der Waals surface area (Å²) in [5.41, 5.74) is 1.76. The zero-order valence-electron chi connectivity index (χ0n) is 29.2. The molecule has 7 heterocycles. The van der Waals surface area contributed by atoms with Crippen molar-refractivity contribution in [2.75, 3.05) is 68.5 Å². The summed E-state index contributed by atoms with van der Waals surface area (Å²) in [6.07, 6.45) is 1.74. The third-order valence-electron chi connectivity index (χ3n) is 12.5. The molecule has 0 aliphatic carbocycles. The van der Waals surface area contributed by atoms with Gasteiger partial charge >= 0.3 is 11.9 Å². The van der Waals surface area contributed by atoms with E-state index in [1.54, 1.807) is 19.1 Å². The summed E-state index contributed by atoms with van der Waals surface area (Å²) in [4.78, 5) is 39.8. The molecule has 2 bridgehead atoms. The van der Waals surface area contributed by atoms with Crippen LogP contribution in [0, 0.1) is 11.8 Å². The molecule has 0 spiro atoms. The summed E-state index contributed by atoms with van der Waals surface area (Å²) >= 11 is 0. The van der Waals surface area contributed by atoms with Crippen LogP contribution in [0.4, 0.5) is 11.5 Å². The maximum absolute atomic E-state index is 14.1. The van der Waals surface area contributed by atoms with Gasteiger partial charge in [0.1, 0.15) is 45.0 Å². The number of sulfonamides is 1. The Morgan fingerprint density at radius 2 is 1.73 bits per heavy atom. The number of β-lactam (4-membered cyclic amide) rings is 1. The average Bonchev–Trinajstić information content (AvgIpc) is 3.47. The number of carboxylic acid groups (broad SMARTS) is 1. The van der Waals surface area contributed by atoms with E-state index in [-0.39, 0.29) is 23.0 Å². The molecule has 6 aliphatic rings. The second kappa shape index (κ2) is 11.8. The Kier molecular flexibility index (Phi) is 7.83. The Hall–Kier alpha value is -4.37. The zero-order chi connectivity index (χ0) is 36.0. The van der Waals surface area contributed by atoms with Crippen molar-refractivity contribution in [3.63, 3.8) is 0 Å². The molecule has 0 radical (unpaired) electrons. The minimum atomic E-state index is -4.00. The molecule has 2 amide bonds. The van der Waals surface area contributed by atoms with E-state index >= 15 is 0 Å². The van der Waals surface area contributed by atoms with Gasteiger partial charge in [0.05, 0.1) is 55.0 Å². The van der Waals surface area contributed by atoms with Crippen LogP contribution in [0.15, 0.2) is 70.9 Å². The fourth-order valence-corrected chi connectivity index (χ4v) is 11.2. The average molecular weight is 718 g/mol. The van der Waals surface area contributed by atoms with Crippen LogP contribution in [-0.2, 0) is 37.9 Å². The number of amides is 2.